The summed E-state index contributed by atoms with van der Waals surface area (Å²) in [7, 11) is 0. The Morgan fingerprint density at radius 1 is 0.184 bits per heavy atom. The first-order valence-electron chi connectivity index (χ1n) is 49.5. The summed E-state index contributed by atoms with van der Waals surface area (Å²) >= 11 is 0. The van der Waals surface area contributed by atoms with Crippen molar-refractivity contribution in [1.29, 1.82) is 0 Å². The Hall–Kier alpha value is -5.88. The number of nitrogens with zero attached hydrogens (tertiary/aromatic N) is 2. The van der Waals surface area contributed by atoms with E-state index in [-0.39, 0.29) is 23.6 Å². The molecule has 0 spiro atoms. The molecule has 0 fully saturated rings. The van der Waals surface area contributed by atoms with E-state index in [9.17, 15) is 0 Å². The molecule has 0 atom stereocenters. The van der Waals surface area contributed by atoms with Crippen LogP contribution in [0.15, 0.2) is 72.8 Å². The lowest BCUT2D eigenvalue weighted by molar-refractivity contribution is 0.0877. The number of amides is 4. The molecule has 628 valence electrons. The first-order valence-corrected chi connectivity index (χ1v) is 49.5. The van der Waals surface area contributed by atoms with Crippen LogP contribution in [0.2, 0.25) is 0 Å². The zero-order valence-corrected chi connectivity index (χ0v) is 74.1. The topological polar surface area (TPSA) is 74.8 Å². The van der Waals surface area contributed by atoms with Gasteiger partial charge in [-0.15, -0.1) is 0 Å². The number of anilines is 2. The first-order chi connectivity index (χ1) is 56.2. The smallest absolute Gasteiger partial charge is 0.265 e. The molecule has 2 heterocycles. The Kier molecular flexibility index (Phi) is 43.2. The van der Waals surface area contributed by atoms with Gasteiger partial charge < -0.3 is 0 Å². The van der Waals surface area contributed by atoms with Crippen LogP contribution in [-0.2, 0) is 38.5 Å². The van der Waals surface area contributed by atoms with E-state index >= 15 is 19.2 Å². The molecule has 7 aromatic carbocycles. The molecule has 0 unspecified atom stereocenters. The molecular formula is C108H162N2O4. The molecular weight excluding hydrogens is 1390 g/mol. The molecule has 0 saturated heterocycles. The van der Waals surface area contributed by atoms with Crippen molar-refractivity contribution < 1.29 is 19.2 Å². The number of aryl methyl sites for hydroxylation is 4. The Labute approximate surface area is 696 Å². The van der Waals surface area contributed by atoms with Gasteiger partial charge in [0.1, 0.15) is 0 Å². The third-order valence-corrected chi connectivity index (χ3v) is 26.8. The summed E-state index contributed by atoms with van der Waals surface area (Å²) in [4.78, 5) is 66.2. The molecule has 4 amide bonds. The predicted molar refractivity (Wildman–Crippen MR) is 496 cm³/mol. The first kappa shape index (κ1) is 92.0. The highest BCUT2D eigenvalue weighted by molar-refractivity contribution is 6.45. The van der Waals surface area contributed by atoms with Crippen molar-refractivity contribution in [3.8, 4) is 0 Å². The van der Waals surface area contributed by atoms with Crippen LogP contribution in [0.25, 0.3) is 43.1 Å². The average Bonchev–Trinajstić information content (AvgIpc) is 0.689. The van der Waals surface area contributed by atoms with Gasteiger partial charge in [-0.25, -0.2) is 9.80 Å². The van der Waals surface area contributed by atoms with E-state index in [1.165, 1.54) is 393 Å². The monoisotopic (exact) mass is 1550 g/mol. The molecule has 114 heavy (non-hydrogen) atoms. The highest BCUT2D eigenvalue weighted by Crippen LogP contribution is 2.48. The van der Waals surface area contributed by atoms with Gasteiger partial charge in [0.25, 0.3) is 23.6 Å². The van der Waals surface area contributed by atoms with Crippen molar-refractivity contribution in [1.82, 2.24) is 0 Å². The van der Waals surface area contributed by atoms with Crippen molar-refractivity contribution in [2.24, 2.45) is 0 Å². The molecule has 6 heteroatoms. The Morgan fingerprint density at radius 2 is 0.342 bits per heavy atom. The standard InChI is InChI=1S/C108H162N2O4/c1-7-13-19-25-31-37-43-49-55-61-67-85-81-89(82-86(68-62-56-50-44-38-32-26-20-14-8-2)91(85)71-65-59-53-47-41-35-29-23-17-11-5)109-105(111)97-77-73-93-95-75-79-99-104-100(80-76-96(102(95)104)94-74-78-98(106(109)112)103(97)101(93)94)108(114)110(107(99)113)90-83-87(69-63-57-51-45-39-33-27-21-15-9-3)92(72-66-60-54-48-42-36-30-24-18-12-6)88(84-90)70-64-58-52-46-40-34-28-22-16-10-4/h73-84H,7-72H2,1-6H3. The van der Waals surface area contributed by atoms with Crippen LogP contribution in [0.4, 0.5) is 11.4 Å². The maximum Gasteiger partial charge on any atom is 0.265 e. The Bertz CT molecular complexity index is 3480. The quantitative estimate of drug-likeness (QED) is 0.0165. The van der Waals surface area contributed by atoms with Gasteiger partial charge in [0.15, 0.2) is 0 Å². The molecule has 0 bridgehead atoms. The lowest BCUT2D eigenvalue weighted by Gasteiger charge is -2.31. The number of benzene rings is 7. The number of imide groups is 2. The van der Waals surface area contributed by atoms with Gasteiger partial charge in [0.2, 0.25) is 0 Å². The summed E-state index contributed by atoms with van der Waals surface area (Å²) < 4.78 is 0. The van der Waals surface area contributed by atoms with E-state index in [1.807, 2.05) is 24.3 Å². The number of unbranched alkanes of at least 4 members (excludes halogenated alkanes) is 54. The van der Waals surface area contributed by atoms with Crippen molar-refractivity contribution >= 4 is 78.1 Å². The van der Waals surface area contributed by atoms with Gasteiger partial charge >= 0.3 is 0 Å². The van der Waals surface area contributed by atoms with Gasteiger partial charge in [0, 0.05) is 33.0 Å². The molecule has 0 aromatic heterocycles. The SMILES string of the molecule is CCCCCCCCCCCCc1cc(N2C(=O)c3ccc4c5ccc6c7c(ccc(c8ccc(c3c48)C2=O)c75)C(=O)N(c2cc(CCCCCCCCCCCC)c(CCCCCCCCCCCC)c(CCCCCCCCCCCC)c2)C6=O)cc(CCCCCCCCCCCC)c1CCCCCCCCCCCC. The van der Waals surface area contributed by atoms with Gasteiger partial charge in [-0.2, -0.15) is 0 Å². The van der Waals surface area contributed by atoms with Crippen LogP contribution in [-0.4, -0.2) is 23.6 Å². The summed E-state index contributed by atoms with van der Waals surface area (Å²) in [6.07, 6.45) is 83.7. The fraction of sp³-hybridized carbons (Fsp3) is 0.667. The summed E-state index contributed by atoms with van der Waals surface area (Å²) in [6, 6.07) is 25.4. The Balaban J connectivity index is 1.01. The second kappa shape index (κ2) is 53.5. The molecule has 2 aliphatic heterocycles. The van der Waals surface area contributed by atoms with E-state index in [1.54, 1.807) is 9.80 Å². The lowest BCUT2D eigenvalue weighted by atomic mass is 9.82. The summed E-state index contributed by atoms with van der Waals surface area (Å²) in [5.41, 5.74) is 12.0. The molecule has 6 nitrogen and oxygen atoms in total. The normalized spacial score (nSPS) is 13.1. The van der Waals surface area contributed by atoms with Gasteiger partial charge in [-0.1, -0.05) is 413 Å². The number of carbonyl (C=O) groups is 4. The van der Waals surface area contributed by atoms with E-state index in [0.717, 1.165) is 108 Å². The molecule has 0 saturated carbocycles. The summed E-state index contributed by atoms with van der Waals surface area (Å²) in [5, 5.41) is 6.93. The number of carbonyl (C=O) groups excluding carboxylic acids is 4. The maximum atomic E-state index is 15.8. The summed E-state index contributed by atoms with van der Waals surface area (Å²) in [6.45, 7) is 13.8. The second-order valence-corrected chi connectivity index (χ2v) is 36.1. The minimum Gasteiger partial charge on any atom is -0.268 e. The van der Waals surface area contributed by atoms with Crippen LogP contribution in [0, 0.1) is 0 Å². The van der Waals surface area contributed by atoms with Crippen molar-refractivity contribution in [3.05, 3.63) is 128 Å². The van der Waals surface area contributed by atoms with E-state index in [0.29, 0.717) is 33.0 Å². The van der Waals surface area contributed by atoms with Crippen LogP contribution in [0.3, 0.4) is 0 Å². The van der Waals surface area contributed by atoms with Crippen molar-refractivity contribution in [2.45, 2.75) is 465 Å². The van der Waals surface area contributed by atoms with Crippen LogP contribution < -0.4 is 9.80 Å². The third kappa shape index (κ3) is 27.6. The fourth-order valence-corrected chi connectivity index (χ4v) is 19.9. The van der Waals surface area contributed by atoms with Crippen LogP contribution in [0.5, 0.6) is 0 Å². The molecule has 0 aliphatic carbocycles. The van der Waals surface area contributed by atoms with Gasteiger partial charge in [-0.05, 0) is 191 Å². The average molecular weight is 1550 g/mol. The third-order valence-electron chi connectivity index (χ3n) is 26.8. The predicted octanol–water partition coefficient (Wildman–Crippen LogP) is 34.1. The number of hydrogen-bond donors (Lipinski definition) is 0. The minimum absolute atomic E-state index is 0.258. The van der Waals surface area contributed by atoms with Crippen LogP contribution >= 0.6 is 0 Å². The summed E-state index contributed by atoms with van der Waals surface area (Å²) in [5.74, 6) is -1.03. The van der Waals surface area contributed by atoms with Crippen LogP contribution in [0.1, 0.15) is 502 Å². The van der Waals surface area contributed by atoms with Crippen molar-refractivity contribution in [3.63, 3.8) is 0 Å². The highest BCUT2D eigenvalue weighted by atomic mass is 16.2. The molecule has 2 aliphatic rings. The van der Waals surface area contributed by atoms with E-state index < -0.39 is 0 Å². The number of fused-ring (bicyclic) bond motifs is 2. The zero-order chi connectivity index (χ0) is 80.2. The lowest BCUT2D eigenvalue weighted by Crippen LogP contribution is -2.41. The van der Waals surface area contributed by atoms with Gasteiger partial charge in [0.05, 0.1) is 11.4 Å². The number of rotatable bonds is 68. The molecule has 0 radical (unpaired) electrons. The van der Waals surface area contributed by atoms with E-state index in [4.69, 9.17) is 0 Å². The van der Waals surface area contributed by atoms with E-state index in [2.05, 4.69) is 90.1 Å². The molecule has 9 rings (SSSR count). The molecule has 0 N–H and O–H groups in total. The zero-order valence-electron chi connectivity index (χ0n) is 74.1. The highest BCUT2D eigenvalue weighted by Gasteiger charge is 2.39. The maximum absolute atomic E-state index is 15.8. The second-order valence-electron chi connectivity index (χ2n) is 36.1. The number of hydrogen-bond acceptors (Lipinski definition) is 4. The van der Waals surface area contributed by atoms with Crippen molar-refractivity contribution in [2.75, 3.05) is 9.80 Å². The fourth-order valence-electron chi connectivity index (χ4n) is 19.9. The molecule has 7 aromatic rings. The van der Waals surface area contributed by atoms with Gasteiger partial charge in [-0.3, -0.25) is 19.2 Å². The Morgan fingerprint density at radius 3 is 0.518 bits per heavy atom. The largest absolute Gasteiger partial charge is 0.268 e. The minimum atomic E-state index is -0.258.